The zero-order chi connectivity index (χ0) is 8.65. The van der Waals surface area contributed by atoms with E-state index >= 15 is 0 Å². The molecule has 0 saturated carbocycles. The molecule has 11 heavy (non-hydrogen) atoms. The summed E-state index contributed by atoms with van der Waals surface area (Å²) in [6, 6.07) is -0.753. The van der Waals surface area contributed by atoms with Crippen LogP contribution in [0.15, 0.2) is 9.98 Å². The number of carbonyl (C=O) groups excluding carboxylic acids is 1. The van der Waals surface area contributed by atoms with Gasteiger partial charge in [-0.1, -0.05) is 46.4 Å². The van der Waals surface area contributed by atoms with Gasteiger partial charge in [0.25, 0.3) is 0 Å². The number of urea groups is 1. The van der Waals surface area contributed by atoms with Crippen LogP contribution in [0.4, 0.5) is 4.79 Å². The lowest BCUT2D eigenvalue weighted by Gasteiger charge is -2.07. The Morgan fingerprint density at radius 1 is 1.18 bits per heavy atom. The maximum Gasteiger partial charge on any atom is 0.369 e. The molecule has 60 valence electrons. The van der Waals surface area contributed by atoms with Crippen LogP contribution in [0.1, 0.15) is 0 Å². The molecule has 0 unspecified atom stereocenters. The topological polar surface area (TPSA) is 41.8 Å². The minimum absolute atomic E-state index is 0.130. The second kappa shape index (κ2) is 2.90. The highest BCUT2D eigenvalue weighted by Crippen LogP contribution is 2.31. The summed E-state index contributed by atoms with van der Waals surface area (Å²) in [5.74, 6) is 0. The van der Waals surface area contributed by atoms with E-state index in [-0.39, 0.29) is 10.9 Å². The number of hydrogen-bond acceptors (Lipinski definition) is 1. The summed E-state index contributed by atoms with van der Waals surface area (Å²) in [5.41, 5.74) is -0.130. The Labute approximate surface area is 82.0 Å². The van der Waals surface area contributed by atoms with Gasteiger partial charge in [0.15, 0.2) is 5.17 Å². The van der Waals surface area contributed by atoms with Crippen LogP contribution < -0.4 is 0 Å². The highest BCUT2D eigenvalue weighted by molar-refractivity contribution is 6.96. The molecular formula is C4Cl4N2O. The lowest BCUT2D eigenvalue weighted by molar-refractivity contribution is 0.257. The minimum atomic E-state index is -1.78. The monoisotopic (exact) mass is 232 g/mol. The first-order chi connectivity index (χ1) is 4.91. The van der Waals surface area contributed by atoms with E-state index in [4.69, 9.17) is 46.4 Å². The van der Waals surface area contributed by atoms with Gasteiger partial charge in [-0.3, -0.25) is 0 Å². The quantitative estimate of drug-likeness (QED) is 0.593. The molecule has 0 spiro atoms. The van der Waals surface area contributed by atoms with Crippen molar-refractivity contribution in [2.24, 2.45) is 9.98 Å². The van der Waals surface area contributed by atoms with Crippen molar-refractivity contribution in [1.82, 2.24) is 0 Å². The fourth-order valence-corrected chi connectivity index (χ4v) is 1.28. The van der Waals surface area contributed by atoms with Crippen molar-refractivity contribution in [3.05, 3.63) is 0 Å². The lowest BCUT2D eigenvalue weighted by Crippen LogP contribution is -2.22. The van der Waals surface area contributed by atoms with Crippen LogP contribution in [0.5, 0.6) is 0 Å². The molecule has 1 aliphatic heterocycles. The molecule has 0 aliphatic carbocycles. The zero-order valence-electron chi connectivity index (χ0n) is 4.81. The number of aliphatic imine (C=N–C) groups is 2. The van der Waals surface area contributed by atoms with E-state index in [0.29, 0.717) is 0 Å². The molecule has 1 rings (SSSR count). The number of nitrogens with zero attached hydrogens (tertiary/aromatic N) is 2. The van der Waals surface area contributed by atoms with Gasteiger partial charge in [0, 0.05) is 0 Å². The highest BCUT2D eigenvalue weighted by Gasteiger charge is 2.35. The van der Waals surface area contributed by atoms with Gasteiger partial charge in [-0.25, -0.2) is 4.79 Å². The van der Waals surface area contributed by atoms with E-state index in [1.165, 1.54) is 0 Å². The summed E-state index contributed by atoms with van der Waals surface area (Å²) < 4.78 is -1.78. The molecule has 0 saturated heterocycles. The molecule has 2 amide bonds. The van der Waals surface area contributed by atoms with Crippen LogP contribution in [-0.2, 0) is 0 Å². The molecule has 0 bridgehead atoms. The number of alkyl halides is 3. The van der Waals surface area contributed by atoms with Crippen molar-refractivity contribution in [3.63, 3.8) is 0 Å². The van der Waals surface area contributed by atoms with Gasteiger partial charge >= 0.3 is 6.03 Å². The van der Waals surface area contributed by atoms with E-state index in [2.05, 4.69) is 9.98 Å². The summed E-state index contributed by atoms with van der Waals surface area (Å²) in [7, 11) is 0. The normalized spacial score (nSPS) is 18.4. The minimum Gasteiger partial charge on any atom is -0.244 e. The Bertz CT molecular complexity index is 264. The molecule has 0 aromatic rings. The highest BCUT2D eigenvalue weighted by atomic mass is 35.6. The molecule has 0 fully saturated rings. The Morgan fingerprint density at radius 2 is 1.73 bits per heavy atom. The molecule has 0 atom stereocenters. The first-order valence-corrected chi connectivity index (χ1v) is 3.87. The Kier molecular flexibility index (Phi) is 2.44. The van der Waals surface area contributed by atoms with Gasteiger partial charge < -0.3 is 0 Å². The second-order valence-corrected chi connectivity index (χ2v) is 4.28. The van der Waals surface area contributed by atoms with E-state index in [0.717, 1.165) is 0 Å². The van der Waals surface area contributed by atoms with Crippen molar-refractivity contribution in [3.8, 4) is 0 Å². The van der Waals surface area contributed by atoms with Crippen molar-refractivity contribution in [2.45, 2.75) is 3.79 Å². The van der Waals surface area contributed by atoms with Gasteiger partial charge in [-0.2, -0.15) is 9.98 Å². The molecule has 0 radical (unpaired) electrons. The molecule has 3 nitrogen and oxygen atoms in total. The van der Waals surface area contributed by atoms with E-state index in [1.807, 2.05) is 0 Å². The molecule has 7 heteroatoms. The largest absolute Gasteiger partial charge is 0.369 e. The third-order valence-electron chi connectivity index (χ3n) is 0.865. The van der Waals surface area contributed by atoms with Gasteiger partial charge in [0.05, 0.1) is 0 Å². The van der Waals surface area contributed by atoms with Gasteiger partial charge in [-0.15, -0.1) is 0 Å². The standard InChI is InChI=1S/C4Cl4N2O/c5-2-1(4(6,7)8)9-3(11)10-2. The second-order valence-electron chi connectivity index (χ2n) is 1.64. The summed E-state index contributed by atoms with van der Waals surface area (Å²) in [6.07, 6.45) is 0. The molecule has 0 aromatic carbocycles. The van der Waals surface area contributed by atoms with Crippen LogP contribution >= 0.6 is 46.4 Å². The van der Waals surface area contributed by atoms with Crippen LogP contribution in [-0.4, -0.2) is 20.7 Å². The van der Waals surface area contributed by atoms with Crippen molar-refractivity contribution in [2.75, 3.05) is 0 Å². The number of halogens is 4. The number of rotatable bonds is 0. The fraction of sp³-hybridized carbons (Fsp3) is 0.250. The molecule has 1 aliphatic rings. The zero-order valence-corrected chi connectivity index (χ0v) is 7.84. The van der Waals surface area contributed by atoms with Gasteiger partial charge in [-0.05, 0) is 0 Å². The van der Waals surface area contributed by atoms with Crippen LogP contribution in [0.25, 0.3) is 0 Å². The van der Waals surface area contributed by atoms with Crippen molar-refractivity contribution < 1.29 is 4.79 Å². The smallest absolute Gasteiger partial charge is 0.244 e. The Morgan fingerprint density at radius 3 is 1.91 bits per heavy atom. The predicted octanol–water partition coefficient (Wildman–Crippen LogP) is 2.57. The van der Waals surface area contributed by atoms with Crippen LogP contribution in [0, 0.1) is 0 Å². The number of hydrogen-bond donors (Lipinski definition) is 0. The molecule has 1 heterocycles. The van der Waals surface area contributed by atoms with E-state index in [9.17, 15) is 4.79 Å². The predicted molar refractivity (Wildman–Crippen MR) is 46.4 cm³/mol. The summed E-state index contributed by atoms with van der Waals surface area (Å²) in [4.78, 5) is 17.0. The van der Waals surface area contributed by atoms with Crippen molar-refractivity contribution in [1.29, 1.82) is 0 Å². The third-order valence-corrected chi connectivity index (χ3v) is 1.67. The SMILES string of the molecule is O=C1N=C(Cl)C(C(Cl)(Cl)Cl)=N1. The van der Waals surface area contributed by atoms with Gasteiger partial charge in [0.2, 0.25) is 3.79 Å². The average molecular weight is 234 g/mol. The summed E-state index contributed by atoms with van der Waals surface area (Å²) in [5, 5.41) is -0.171. The molecular weight excluding hydrogens is 234 g/mol. The molecule has 0 aromatic heterocycles. The maximum atomic E-state index is 10.5. The van der Waals surface area contributed by atoms with Crippen LogP contribution in [0.3, 0.4) is 0 Å². The number of carbonyl (C=O) groups is 1. The Balaban J connectivity index is 3.02. The first-order valence-electron chi connectivity index (χ1n) is 2.35. The van der Waals surface area contributed by atoms with E-state index < -0.39 is 9.82 Å². The molecule has 0 N–H and O–H groups in total. The van der Waals surface area contributed by atoms with Gasteiger partial charge in [0.1, 0.15) is 5.71 Å². The number of amides is 2. The maximum absolute atomic E-state index is 10.5. The third kappa shape index (κ3) is 2.06. The fourth-order valence-electron chi connectivity index (χ4n) is 0.484. The Hall–Kier alpha value is 0.170. The van der Waals surface area contributed by atoms with Crippen molar-refractivity contribution >= 4 is 63.3 Å². The van der Waals surface area contributed by atoms with E-state index in [1.54, 1.807) is 0 Å². The summed E-state index contributed by atoms with van der Waals surface area (Å²) in [6.45, 7) is 0. The lowest BCUT2D eigenvalue weighted by atomic mass is 10.5. The van der Waals surface area contributed by atoms with Crippen LogP contribution in [0.2, 0.25) is 0 Å². The average Bonchev–Trinajstić information content (AvgIpc) is 2.08. The summed E-state index contributed by atoms with van der Waals surface area (Å²) >= 11 is 21.5. The first kappa shape index (κ1) is 9.26.